The Kier molecular flexibility index (Phi) is 6.44. The molecule has 0 aromatic carbocycles. The zero-order valence-corrected chi connectivity index (χ0v) is 13.8. The fourth-order valence-electron chi connectivity index (χ4n) is 1.78. The first-order chi connectivity index (χ1) is 9.97. The van der Waals surface area contributed by atoms with Gasteiger partial charge in [0.2, 0.25) is 0 Å². The van der Waals surface area contributed by atoms with Crippen LogP contribution in [0.15, 0.2) is 24.5 Å². The summed E-state index contributed by atoms with van der Waals surface area (Å²) in [6.07, 6.45) is 3.16. The molecular weight excluding hydrogens is 334 g/mol. The molecule has 0 atom stereocenters. The zero-order valence-electron chi connectivity index (χ0n) is 12.0. The predicted octanol–water partition coefficient (Wildman–Crippen LogP) is -0.0525. The maximum absolute atomic E-state index is 11.2. The lowest BCUT2D eigenvalue weighted by Gasteiger charge is -2.30. The van der Waals surface area contributed by atoms with Crippen molar-refractivity contribution < 1.29 is 33.8 Å². The molecule has 0 aliphatic carbocycles. The van der Waals surface area contributed by atoms with Crippen LogP contribution in [0.5, 0.6) is 0 Å². The number of aliphatic hydroxyl groups is 1. The summed E-state index contributed by atoms with van der Waals surface area (Å²) in [6, 6.07) is 3.63. The molecule has 1 aromatic rings. The number of rotatable bonds is 8. The molecule has 0 unspecified atom stereocenters. The summed E-state index contributed by atoms with van der Waals surface area (Å²) in [4.78, 5) is 41.6. The Morgan fingerprint density at radius 2 is 1.59 bits per heavy atom. The zero-order chi connectivity index (χ0) is 17.0. The predicted molar refractivity (Wildman–Crippen MR) is 79.1 cm³/mol. The minimum Gasteiger partial charge on any atom is -0.367 e. The molecule has 9 nitrogen and oxygen atoms in total. The SMILES string of the molecule is CN(CCc1ccncc1)CCC(O)(P(=O)(O)O)P(=O)(O)O. The molecule has 1 heterocycles. The van der Waals surface area contributed by atoms with E-state index in [1.54, 1.807) is 24.3 Å². The molecule has 1 rings (SSSR count). The maximum Gasteiger partial charge on any atom is 0.369 e. The normalized spacial score (nSPS) is 13.6. The van der Waals surface area contributed by atoms with Crippen molar-refractivity contribution in [3.8, 4) is 0 Å². The van der Waals surface area contributed by atoms with Crippen LogP contribution in [0, 0.1) is 0 Å². The highest BCUT2D eigenvalue weighted by molar-refractivity contribution is 7.72. The van der Waals surface area contributed by atoms with Crippen LogP contribution in [0.25, 0.3) is 0 Å². The van der Waals surface area contributed by atoms with Crippen LogP contribution in [0.3, 0.4) is 0 Å². The second-order valence-corrected chi connectivity index (χ2v) is 9.03. The molecule has 0 fully saturated rings. The number of hydrogen-bond acceptors (Lipinski definition) is 5. The van der Waals surface area contributed by atoms with E-state index in [2.05, 4.69) is 4.98 Å². The Balaban J connectivity index is 2.62. The van der Waals surface area contributed by atoms with Crippen molar-refractivity contribution in [1.82, 2.24) is 9.88 Å². The summed E-state index contributed by atoms with van der Waals surface area (Å²) in [5, 5.41) is 6.40. The van der Waals surface area contributed by atoms with E-state index in [-0.39, 0.29) is 6.54 Å². The first kappa shape index (κ1) is 19.4. The van der Waals surface area contributed by atoms with E-state index < -0.39 is 26.7 Å². The number of nitrogens with zero attached hydrogens (tertiary/aromatic N) is 2. The van der Waals surface area contributed by atoms with E-state index in [1.807, 2.05) is 12.1 Å². The van der Waals surface area contributed by atoms with Crippen LogP contribution in [0.2, 0.25) is 0 Å². The smallest absolute Gasteiger partial charge is 0.367 e. The summed E-state index contributed by atoms with van der Waals surface area (Å²) in [6.45, 7) is 0.403. The van der Waals surface area contributed by atoms with E-state index in [1.165, 1.54) is 0 Å². The van der Waals surface area contributed by atoms with Crippen molar-refractivity contribution in [1.29, 1.82) is 0 Å². The Morgan fingerprint density at radius 1 is 1.09 bits per heavy atom. The first-order valence-electron chi connectivity index (χ1n) is 6.38. The Hall–Kier alpha value is -0.630. The highest BCUT2D eigenvalue weighted by Crippen LogP contribution is 2.68. The van der Waals surface area contributed by atoms with Crippen LogP contribution in [-0.2, 0) is 15.6 Å². The molecule has 0 aliphatic rings. The first-order valence-corrected chi connectivity index (χ1v) is 9.61. The summed E-state index contributed by atoms with van der Waals surface area (Å²) in [7, 11) is -9.14. The van der Waals surface area contributed by atoms with Gasteiger partial charge in [0, 0.05) is 31.9 Å². The number of likely N-dealkylation sites (N-methyl/N-ethyl adjacent to an activating group) is 1. The monoisotopic (exact) mass is 354 g/mol. The van der Waals surface area contributed by atoms with E-state index in [0.717, 1.165) is 5.56 Å². The second-order valence-electron chi connectivity index (χ2n) is 5.02. The maximum atomic E-state index is 11.2. The third-order valence-electron chi connectivity index (χ3n) is 3.29. The lowest BCUT2D eigenvalue weighted by Crippen LogP contribution is -2.34. The van der Waals surface area contributed by atoms with Gasteiger partial charge < -0.3 is 29.6 Å². The van der Waals surface area contributed by atoms with Crippen LogP contribution in [0.1, 0.15) is 12.0 Å². The number of pyridine rings is 1. The van der Waals surface area contributed by atoms with Gasteiger partial charge >= 0.3 is 15.2 Å². The van der Waals surface area contributed by atoms with Crippen molar-refractivity contribution in [3.05, 3.63) is 30.1 Å². The van der Waals surface area contributed by atoms with Crippen molar-refractivity contribution in [2.75, 3.05) is 20.1 Å². The summed E-state index contributed by atoms with van der Waals surface area (Å²) in [5.74, 6) is 0. The molecule has 11 heteroatoms. The average molecular weight is 354 g/mol. The van der Waals surface area contributed by atoms with E-state index in [4.69, 9.17) is 19.6 Å². The molecule has 5 N–H and O–H groups in total. The third kappa shape index (κ3) is 4.94. The fourth-order valence-corrected chi connectivity index (χ4v) is 3.92. The molecule has 0 amide bonds. The minimum absolute atomic E-state index is 0.0855. The molecule has 0 bridgehead atoms. The molecule has 22 heavy (non-hydrogen) atoms. The van der Waals surface area contributed by atoms with Crippen molar-refractivity contribution >= 4 is 15.2 Å². The van der Waals surface area contributed by atoms with E-state index in [0.29, 0.717) is 13.0 Å². The lowest BCUT2D eigenvalue weighted by molar-refractivity contribution is 0.112. The molecule has 0 radical (unpaired) electrons. The van der Waals surface area contributed by atoms with Crippen molar-refractivity contribution in [2.45, 2.75) is 17.9 Å². The second kappa shape index (κ2) is 7.29. The summed E-state index contributed by atoms with van der Waals surface area (Å²) < 4.78 is 22.4. The quantitative estimate of drug-likeness (QED) is 0.405. The van der Waals surface area contributed by atoms with Gasteiger partial charge in [-0.15, -0.1) is 0 Å². The van der Waals surface area contributed by atoms with Gasteiger partial charge in [-0.25, -0.2) is 0 Å². The molecule has 0 saturated heterocycles. The van der Waals surface area contributed by atoms with Gasteiger partial charge in [-0.05, 0) is 31.2 Å². The number of hydrogen-bond donors (Lipinski definition) is 5. The van der Waals surface area contributed by atoms with Crippen molar-refractivity contribution in [3.63, 3.8) is 0 Å². The van der Waals surface area contributed by atoms with Gasteiger partial charge in [-0.2, -0.15) is 0 Å². The Labute approximate surface area is 127 Å². The number of aromatic nitrogens is 1. The Bertz CT molecular complexity index is 549. The third-order valence-corrected chi connectivity index (χ3v) is 7.17. The summed E-state index contributed by atoms with van der Waals surface area (Å²) >= 11 is 0. The highest BCUT2D eigenvalue weighted by atomic mass is 31.2. The van der Waals surface area contributed by atoms with Crippen LogP contribution < -0.4 is 0 Å². The highest BCUT2D eigenvalue weighted by Gasteiger charge is 2.58. The Morgan fingerprint density at radius 3 is 2.05 bits per heavy atom. The van der Waals surface area contributed by atoms with Crippen LogP contribution >= 0.6 is 15.2 Å². The van der Waals surface area contributed by atoms with Gasteiger partial charge in [0.25, 0.3) is 5.08 Å². The molecule has 0 aliphatic heterocycles. The van der Waals surface area contributed by atoms with Crippen LogP contribution in [0.4, 0.5) is 0 Å². The summed E-state index contributed by atoms with van der Waals surface area (Å²) in [5.41, 5.74) is 1.00. The van der Waals surface area contributed by atoms with Gasteiger partial charge in [-0.1, -0.05) is 0 Å². The van der Waals surface area contributed by atoms with Gasteiger partial charge in [0.15, 0.2) is 0 Å². The lowest BCUT2D eigenvalue weighted by atomic mass is 10.2. The molecule has 1 aromatic heterocycles. The fraction of sp³-hybridized carbons (Fsp3) is 0.545. The van der Waals surface area contributed by atoms with Gasteiger partial charge in [0.05, 0.1) is 0 Å². The molecule has 0 spiro atoms. The standard InChI is InChI=1S/C11H20N2O7P2/c1-13(8-4-10-2-6-12-7-3-10)9-5-11(14,21(15,16)17)22(18,19)20/h2-3,6-7,14H,4-5,8-9H2,1H3,(H2,15,16,17)(H2,18,19,20). The topological polar surface area (TPSA) is 151 Å². The van der Waals surface area contributed by atoms with Crippen molar-refractivity contribution in [2.24, 2.45) is 0 Å². The van der Waals surface area contributed by atoms with Gasteiger partial charge in [0.1, 0.15) is 0 Å². The average Bonchev–Trinajstić information content (AvgIpc) is 2.41. The van der Waals surface area contributed by atoms with Gasteiger partial charge in [-0.3, -0.25) is 14.1 Å². The van der Waals surface area contributed by atoms with E-state index >= 15 is 0 Å². The molecular formula is C11H20N2O7P2. The van der Waals surface area contributed by atoms with E-state index in [9.17, 15) is 14.2 Å². The largest absolute Gasteiger partial charge is 0.369 e. The molecule has 126 valence electrons. The van der Waals surface area contributed by atoms with Crippen LogP contribution in [-0.4, -0.2) is 59.8 Å². The molecule has 0 saturated carbocycles. The minimum atomic E-state index is -5.38.